The monoisotopic (exact) mass is 242 g/mol. The summed E-state index contributed by atoms with van der Waals surface area (Å²) in [7, 11) is -4.24. The standard InChI is InChI=1S/C7H6O5S.K.H/c8-7(9)5-1-3-6(4-2-5)13(10,11)12;;/h1-4H,(H,8,9)(H,10,11,12);;/q;+1;-1. The number of carboxylic acid groups (broad SMARTS) is 1. The van der Waals surface area contributed by atoms with Crippen LogP contribution in [0, 0.1) is 0 Å². The molecule has 0 amide bonds. The number of hydrogen-bond acceptors (Lipinski definition) is 3. The van der Waals surface area contributed by atoms with Crippen molar-refractivity contribution in [1.29, 1.82) is 0 Å². The van der Waals surface area contributed by atoms with Gasteiger partial charge in [0.1, 0.15) is 0 Å². The van der Waals surface area contributed by atoms with E-state index in [0.717, 1.165) is 24.3 Å². The molecule has 1 aromatic carbocycles. The Morgan fingerprint density at radius 1 is 1.21 bits per heavy atom. The van der Waals surface area contributed by atoms with E-state index in [2.05, 4.69) is 0 Å². The van der Waals surface area contributed by atoms with Crippen LogP contribution in [-0.4, -0.2) is 24.0 Å². The molecule has 0 aliphatic rings. The van der Waals surface area contributed by atoms with E-state index in [1.807, 2.05) is 0 Å². The molecule has 7 heteroatoms. The molecule has 0 radical (unpaired) electrons. The molecule has 1 rings (SSSR count). The maximum Gasteiger partial charge on any atom is 1.00 e. The Hall–Kier alpha value is 0.236. The molecule has 5 nitrogen and oxygen atoms in total. The van der Waals surface area contributed by atoms with Crippen LogP contribution in [-0.2, 0) is 10.1 Å². The Balaban J connectivity index is 0. The Labute approximate surface area is 125 Å². The molecule has 72 valence electrons. The van der Waals surface area contributed by atoms with Crippen molar-refractivity contribution in [3.05, 3.63) is 29.8 Å². The number of hydrogen-bond donors (Lipinski definition) is 2. The minimum atomic E-state index is -4.24. The summed E-state index contributed by atoms with van der Waals surface area (Å²) in [6.07, 6.45) is 0. The van der Waals surface area contributed by atoms with E-state index in [0.29, 0.717) is 0 Å². The molecule has 0 spiro atoms. The van der Waals surface area contributed by atoms with Crippen molar-refractivity contribution in [1.82, 2.24) is 0 Å². The van der Waals surface area contributed by atoms with Crippen molar-refractivity contribution in [3.63, 3.8) is 0 Å². The zero-order valence-corrected chi connectivity index (χ0v) is 11.3. The van der Waals surface area contributed by atoms with E-state index >= 15 is 0 Å². The molecule has 0 aliphatic carbocycles. The van der Waals surface area contributed by atoms with Crippen molar-refractivity contribution in [3.8, 4) is 0 Å². The first-order chi connectivity index (χ1) is 5.91. The fraction of sp³-hybridized carbons (Fsp3) is 0. The maximum absolute atomic E-state index is 10.5. The minimum Gasteiger partial charge on any atom is -1.00 e. The van der Waals surface area contributed by atoms with E-state index in [4.69, 9.17) is 9.66 Å². The van der Waals surface area contributed by atoms with Crippen LogP contribution in [0.4, 0.5) is 0 Å². The smallest absolute Gasteiger partial charge is 1.00 e. The summed E-state index contributed by atoms with van der Waals surface area (Å²) in [6, 6.07) is 4.26. The van der Waals surface area contributed by atoms with Crippen LogP contribution in [0.1, 0.15) is 11.8 Å². The van der Waals surface area contributed by atoms with Crippen molar-refractivity contribution >= 4 is 16.1 Å². The second-order valence-corrected chi connectivity index (χ2v) is 3.73. The molecule has 1 aromatic rings. The molecule has 0 aromatic heterocycles. The summed E-state index contributed by atoms with van der Waals surface area (Å²) in [5, 5.41) is 8.47. The van der Waals surface area contributed by atoms with Gasteiger partial charge >= 0.3 is 57.4 Å². The Morgan fingerprint density at radius 2 is 1.64 bits per heavy atom. The number of rotatable bonds is 2. The average Bonchev–Trinajstić information content (AvgIpc) is 2.03. The van der Waals surface area contributed by atoms with Gasteiger partial charge in [0.15, 0.2) is 0 Å². The van der Waals surface area contributed by atoms with E-state index in [-0.39, 0.29) is 63.3 Å². The molecule has 0 aliphatic heterocycles. The number of carbonyl (C=O) groups is 1. The topological polar surface area (TPSA) is 91.7 Å². The van der Waals surface area contributed by atoms with Crippen LogP contribution < -0.4 is 51.4 Å². The summed E-state index contributed by atoms with van der Waals surface area (Å²) in [5.41, 5.74) is -0.0348. The normalized spacial score (nSPS) is 10.4. The molecule has 14 heavy (non-hydrogen) atoms. The first-order valence-corrected chi connectivity index (χ1v) is 4.66. The maximum atomic E-state index is 10.5. The Kier molecular flexibility index (Phi) is 5.45. The summed E-state index contributed by atoms with van der Waals surface area (Å²) in [6.45, 7) is 0. The SMILES string of the molecule is O=C(O)c1ccc(S(=O)(=O)O)cc1.[H-].[K+]. The predicted molar refractivity (Wildman–Crippen MR) is 44.3 cm³/mol. The van der Waals surface area contributed by atoms with E-state index in [1.54, 1.807) is 0 Å². The molecular weight excluding hydrogens is 235 g/mol. The van der Waals surface area contributed by atoms with Gasteiger partial charge in [-0.05, 0) is 24.3 Å². The molecule has 2 N–H and O–H groups in total. The average molecular weight is 242 g/mol. The van der Waals surface area contributed by atoms with Gasteiger partial charge in [-0.1, -0.05) is 0 Å². The van der Waals surface area contributed by atoms with Crippen molar-refractivity contribution < 1.29 is 75.7 Å². The molecule has 0 bridgehead atoms. The van der Waals surface area contributed by atoms with Crippen LogP contribution >= 0.6 is 0 Å². The fourth-order valence-electron chi connectivity index (χ4n) is 0.769. The zero-order valence-electron chi connectivity index (χ0n) is 8.34. The first kappa shape index (κ1) is 14.2. The van der Waals surface area contributed by atoms with Crippen LogP contribution in [0.15, 0.2) is 29.2 Å². The van der Waals surface area contributed by atoms with Crippen LogP contribution in [0.2, 0.25) is 0 Å². The van der Waals surface area contributed by atoms with Crippen LogP contribution in [0.25, 0.3) is 0 Å². The molecule has 0 atom stereocenters. The third-order valence-corrected chi connectivity index (χ3v) is 2.27. The predicted octanol–water partition coefficient (Wildman–Crippen LogP) is -2.25. The second kappa shape index (κ2) is 5.36. The number of carboxylic acids is 1. The summed E-state index contributed by atoms with van der Waals surface area (Å²) in [5.74, 6) is -1.15. The van der Waals surface area contributed by atoms with Crippen molar-refractivity contribution in [2.75, 3.05) is 0 Å². The van der Waals surface area contributed by atoms with Crippen LogP contribution in [0.5, 0.6) is 0 Å². The van der Waals surface area contributed by atoms with Crippen molar-refractivity contribution in [2.24, 2.45) is 0 Å². The largest absolute Gasteiger partial charge is 1.00 e. The molecule has 0 saturated heterocycles. The van der Waals surface area contributed by atoms with Gasteiger partial charge in [0.2, 0.25) is 0 Å². The third-order valence-electron chi connectivity index (χ3n) is 1.40. The quantitative estimate of drug-likeness (QED) is 0.451. The van der Waals surface area contributed by atoms with Gasteiger partial charge in [-0.3, -0.25) is 4.55 Å². The van der Waals surface area contributed by atoms with Gasteiger partial charge in [-0.25, -0.2) is 4.79 Å². The van der Waals surface area contributed by atoms with Gasteiger partial charge in [-0.15, -0.1) is 0 Å². The number of aromatic carboxylic acids is 1. The summed E-state index contributed by atoms with van der Waals surface area (Å²) in [4.78, 5) is 10.0. The minimum absolute atomic E-state index is 0. The number of benzene rings is 1. The Morgan fingerprint density at radius 3 is 1.93 bits per heavy atom. The van der Waals surface area contributed by atoms with Gasteiger partial charge in [0.25, 0.3) is 10.1 Å². The first-order valence-electron chi connectivity index (χ1n) is 3.22. The van der Waals surface area contributed by atoms with E-state index in [1.165, 1.54) is 0 Å². The van der Waals surface area contributed by atoms with Crippen LogP contribution in [0.3, 0.4) is 0 Å². The van der Waals surface area contributed by atoms with E-state index < -0.39 is 16.1 Å². The molecule has 0 heterocycles. The van der Waals surface area contributed by atoms with Gasteiger partial charge in [0, 0.05) is 0 Å². The molecule has 0 saturated carbocycles. The third kappa shape index (κ3) is 3.77. The zero-order chi connectivity index (χ0) is 10.1. The second-order valence-electron chi connectivity index (χ2n) is 2.30. The fourth-order valence-corrected chi connectivity index (χ4v) is 1.25. The molecule has 0 unspecified atom stereocenters. The summed E-state index contributed by atoms with van der Waals surface area (Å²) < 4.78 is 29.6. The molecule has 0 fully saturated rings. The Bertz CT molecular complexity index is 427. The van der Waals surface area contributed by atoms with Crippen molar-refractivity contribution in [2.45, 2.75) is 4.90 Å². The van der Waals surface area contributed by atoms with Gasteiger partial charge in [0.05, 0.1) is 10.5 Å². The molecular formula is C7H7KO5S. The van der Waals surface area contributed by atoms with E-state index in [9.17, 15) is 13.2 Å². The van der Waals surface area contributed by atoms with Gasteiger partial charge < -0.3 is 6.53 Å². The van der Waals surface area contributed by atoms with Gasteiger partial charge in [-0.2, -0.15) is 8.42 Å². The summed E-state index contributed by atoms with van der Waals surface area (Å²) >= 11 is 0.